The molecule has 0 saturated heterocycles. The average molecular weight is 642 g/mol. The van der Waals surface area contributed by atoms with Crippen LogP contribution in [0.1, 0.15) is 25.0 Å². The minimum Gasteiger partial charge on any atom is -0.497 e. The van der Waals surface area contributed by atoms with Crippen molar-refractivity contribution in [2.75, 3.05) is 13.0 Å². The molecule has 3 aromatic carbocycles. The topological polar surface area (TPSA) is 117 Å². The molecule has 1 N–H and O–H groups in total. The lowest BCUT2D eigenvalue weighted by molar-refractivity contribution is -0.274. The Morgan fingerprint density at radius 3 is 2.33 bits per heavy atom. The van der Waals surface area contributed by atoms with Gasteiger partial charge in [-0.2, -0.15) is 0 Å². The number of nitrogens with one attached hydrogen (secondary N) is 1. The summed E-state index contributed by atoms with van der Waals surface area (Å²) < 4.78 is 53.1. The van der Waals surface area contributed by atoms with Crippen LogP contribution < -0.4 is 14.8 Å². The second-order valence-electron chi connectivity index (χ2n) is 9.93. The fourth-order valence-electron chi connectivity index (χ4n) is 3.84. The Hall–Kier alpha value is -4.85. The Kier molecular flexibility index (Phi) is 10.8. The van der Waals surface area contributed by atoms with Crippen molar-refractivity contribution < 1.29 is 37.0 Å². The van der Waals surface area contributed by atoms with Gasteiger partial charge in [0, 0.05) is 5.56 Å². The van der Waals surface area contributed by atoms with Crippen LogP contribution in [0.2, 0.25) is 0 Å². The maximum absolute atomic E-state index is 13.0. The number of hydrogen-bond acceptors (Lipinski definition) is 9. The first-order valence-electron chi connectivity index (χ1n) is 13.6. The molecule has 10 nitrogen and oxygen atoms in total. The van der Waals surface area contributed by atoms with Gasteiger partial charge < -0.3 is 19.5 Å². The molecule has 0 atom stereocenters. The first kappa shape index (κ1) is 33.1. The summed E-state index contributed by atoms with van der Waals surface area (Å²) in [6.45, 7) is 5.33. The number of benzene rings is 3. The minimum absolute atomic E-state index is 0.0227. The number of carbonyl (C=O) groups excluding carboxylic acids is 2. The summed E-state index contributed by atoms with van der Waals surface area (Å²) in [6.07, 6.45) is -3.29. The van der Waals surface area contributed by atoms with E-state index in [1.165, 1.54) is 35.3 Å². The molecule has 0 bridgehead atoms. The number of ether oxygens (including phenoxy) is 3. The molecule has 0 radical (unpaired) electrons. The van der Waals surface area contributed by atoms with E-state index in [4.69, 9.17) is 9.47 Å². The molecule has 0 spiro atoms. The average Bonchev–Trinajstić information content (AvgIpc) is 3.48. The van der Waals surface area contributed by atoms with Crippen LogP contribution in [0.5, 0.6) is 11.5 Å². The Balaban J connectivity index is 1.41. The summed E-state index contributed by atoms with van der Waals surface area (Å²) in [6, 6.07) is 17.7. The zero-order valence-electron chi connectivity index (χ0n) is 24.8. The minimum atomic E-state index is -4.77. The summed E-state index contributed by atoms with van der Waals surface area (Å²) in [5, 5.41) is 7.48. The maximum Gasteiger partial charge on any atom is 0.573 e. The van der Waals surface area contributed by atoms with E-state index in [9.17, 15) is 22.8 Å². The number of hydrogen-bond donors (Lipinski definition) is 1. The Morgan fingerprint density at radius 1 is 1.02 bits per heavy atom. The summed E-state index contributed by atoms with van der Waals surface area (Å²) >= 11 is 1.09. The first-order valence-corrected chi connectivity index (χ1v) is 14.6. The lowest BCUT2D eigenvalue weighted by Gasteiger charge is -2.12. The molecule has 0 aliphatic carbocycles. The number of thioether (sulfide) groups is 1. The van der Waals surface area contributed by atoms with Gasteiger partial charge in [-0.1, -0.05) is 38.1 Å². The second-order valence-corrected chi connectivity index (χ2v) is 10.8. The van der Waals surface area contributed by atoms with Gasteiger partial charge in [0.1, 0.15) is 23.8 Å². The molecule has 4 aromatic rings. The van der Waals surface area contributed by atoms with Crippen LogP contribution in [-0.4, -0.2) is 51.2 Å². The number of alkyl halides is 3. The van der Waals surface area contributed by atoms with E-state index in [-0.39, 0.29) is 41.1 Å². The van der Waals surface area contributed by atoms with Crippen LogP contribution in [0.25, 0.3) is 17.1 Å². The number of amides is 1. The summed E-state index contributed by atoms with van der Waals surface area (Å²) in [4.78, 5) is 33.8. The highest BCUT2D eigenvalue weighted by Gasteiger charge is 2.31. The second kappa shape index (κ2) is 14.8. The number of aliphatic imine (C=N–C) groups is 1. The number of aryl methyl sites for hydroxylation is 1. The molecule has 14 heteroatoms. The van der Waals surface area contributed by atoms with Crippen LogP contribution in [0.4, 0.5) is 18.9 Å². The summed E-state index contributed by atoms with van der Waals surface area (Å²) in [7, 11) is 1.57. The van der Waals surface area contributed by atoms with Crippen LogP contribution in [0, 0.1) is 12.8 Å². The smallest absolute Gasteiger partial charge is 0.497 e. The molecule has 1 amide bonds. The molecule has 0 fully saturated rings. The van der Waals surface area contributed by atoms with Gasteiger partial charge in [-0.3, -0.25) is 9.59 Å². The number of nitrogens with zero attached hydrogens (tertiary/aromatic N) is 4. The van der Waals surface area contributed by atoms with Crippen LogP contribution in [0.15, 0.2) is 78.0 Å². The van der Waals surface area contributed by atoms with Crippen LogP contribution in [0.3, 0.4) is 0 Å². The monoisotopic (exact) mass is 641 g/mol. The molecular formula is C31H30F3N5O5S. The zero-order chi connectivity index (χ0) is 32.6. The van der Waals surface area contributed by atoms with Crippen molar-refractivity contribution in [2.24, 2.45) is 10.9 Å². The maximum atomic E-state index is 13.0. The standard InChI is InChI=1S/C31H30F3N5O5S/c1-19(2)29(41)43-18-45-30(36-26-14-13-25(42-4)15-20(26)3)37-27(40)16-21-5-7-22(8-6-21)28-35-17-39(38-28)23-9-11-24(12-10-23)44-31(32,33)34/h5-15,17,19H,16,18H2,1-4H3,(H,36,37,40). The van der Waals surface area contributed by atoms with Crippen molar-refractivity contribution in [2.45, 2.75) is 33.6 Å². The van der Waals surface area contributed by atoms with Gasteiger partial charge in [-0.25, -0.2) is 14.7 Å². The molecule has 236 valence electrons. The highest BCUT2D eigenvalue weighted by molar-refractivity contribution is 8.13. The van der Waals surface area contributed by atoms with Gasteiger partial charge in [-0.15, -0.1) is 18.3 Å². The summed E-state index contributed by atoms with van der Waals surface area (Å²) in [5.74, 6) is -0.269. The van der Waals surface area contributed by atoms with Crippen LogP contribution in [-0.2, 0) is 20.7 Å². The van der Waals surface area contributed by atoms with Gasteiger partial charge in [0.15, 0.2) is 11.0 Å². The van der Waals surface area contributed by atoms with Crippen molar-refractivity contribution in [3.05, 3.63) is 84.2 Å². The molecule has 45 heavy (non-hydrogen) atoms. The number of esters is 1. The molecular weight excluding hydrogens is 611 g/mol. The lowest BCUT2D eigenvalue weighted by Crippen LogP contribution is -2.30. The Labute approximate surface area is 261 Å². The third-order valence-electron chi connectivity index (χ3n) is 6.14. The molecule has 4 rings (SSSR count). The fraction of sp³-hybridized carbons (Fsp3) is 0.258. The quantitative estimate of drug-likeness (QED) is 0.0917. The zero-order valence-corrected chi connectivity index (χ0v) is 25.6. The van der Waals surface area contributed by atoms with E-state index in [0.29, 0.717) is 34.1 Å². The van der Waals surface area contributed by atoms with E-state index >= 15 is 0 Å². The van der Waals surface area contributed by atoms with Crippen molar-refractivity contribution in [3.63, 3.8) is 0 Å². The van der Waals surface area contributed by atoms with E-state index in [2.05, 4.69) is 25.1 Å². The van der Waals surface area contributed by atoms with E-state index in [1.54, 1.807) is 57.4 Å². The largest absolute Gasteiger partial charge is 0.573 e. The predicted molar refractivity (Wildman–Crippen MR) is 164 cm³/mol. The molecule has 0 unspecified atom stereocenters. The van der Waals surface area contributed by atoms with Crippen molar-refractivity contribution >= 4 is 34.5 Å². The number of amidine groups is 1. The number of rotatable bonds is 10. The molecule has 0 aliphatic rings. The number of halogens is 3. The van der Waals surface area contributed by atoms with Gasteiger partial charge in [0.05, 0.1) is 30.8 Å². The van der Waals surface area contributed by atoms with Crippen molar-refractivity contribution in [1.29, 1.82) is 0 Å². The first-order chi connectivity index (χ1) is 21.4. The predicted octanol–water partition coefficient (Wildman–Crippen LogP) is 6.39. The highest BCUT2D eigenvalue weighted by Crippen LogP contribution is 2.26. The molecule has 1 heterocycles. The summed E-state index contributed by atoms with van der Waals surface area (Å²) in [5.41, 5.74) is 3.34. The number of methoxy groups -OCH3 is 1. The Bertz CT molecular complexity index is 1660. The van der Waals surface area contributed by atoms with E-state index in [1.807, 2.05) is 13.0 Å². The highest BCUT2D eigenvalue weighted by atomic mass is 32.2. The SMILES string of the molecule is COc1ccc(N=C(NC(=O)Cc2ccc(-c3ncn(-c4ccc(OC(F)(F)F)cc4)n3)cc2)SCOC(=O)C(C)C)c(C)c1. The van der Waals surface area contributed by atoms with E-state index < -0.39 is 6.36 Å². The van der Waals surface area contributed by atoms with Crippen molar-refractivity contribution in [3.8, 4) is 28.6 Å². The lowest BCUT2D eigenvalue weighted by atomic mass is 10.1. The number of aromatic nitrogens is 3. The number of carbonyl (C=O) groups is 2. The molecule has 0 saturated carbocycles. The van der Waals surface area contributed by atoms with Crippen LogP contribution >= 0.6 is 11.8 Å². The third kappa shape index (κ3) is 9.83. The van der Waals surface area contributed by atoms with Gasteiger partial charge in [0.25, 0.3) is 0 Å². The molecule has 0 aliphatic heterocycles. The fourth-order valence-corrected chi connectivity index (χ4v) is 4.47. The van der Waals surface area contributed by atoms with Gasteiger partial charge in [0.2, 0.25) is 5.91 Å². The normalized spacial score (nSPS) is 11.8. The van der Waals surface area contributed by atoms with Gasteiger partial charge >= 0.3 is 12.3 Å². The molecule has 1 aromatic heterocycles. The Morgan fingerprint density at radius 2 is 1.71 bits per heavy atom. The van der Waals surface area contributed by atoms with Gasteiger partial charge in [-0.05, 0) is 72.3 Å². The van der Waals surface area contributed by atoms with Crippen molar-refractivity contribution in [1.82, 2.24) is 20.1 Å². The van der Waals surface area contributed by atoms with E-state index in [0.717, 1.165) is 17.3 Å². The third-order valence-corrected chi connectivity index (χ3v) is 6.85.